The van der Waals surface area contributed by atoms with Crippen LogP contribution in [-0.2, 0) is 16.1 Å². The maximum Gasteiger partial charge on any atom is 0.325 e. The Morgan fingerprint density at radius 3 is 2.84 bits per heavy atom. The summed E-state index contributed by atoms with van der Waals surface area (Å²) in [6, 6.07) is 6.80. The number of hydrogen-bond donors (Lipinski definition) is 2. The lowest BCUT2D eigenvalue weighted by atomic mass is 10.2. The van der Waals surface area contributed by atoms with Crippen molar-refractivity contribution in [3.8, 4) is 0 Å². The van der Waals surface area contributed by atoms with Gasteiger partial charge in [0, 0.05) is 21.6 Å². The Labute approximate surface area is 118 Å². The number of carboxylic acid groups (broad SMARTS) is 1. The zero-order valence-electron chi connectivity index (χ0n) is 10.3. The molecule has 0 saturated heterocycles. The van der Waals surface area contributed by atoms with E-state index < -0.39 is 12.0 Å². The smallest absolute Gasteiger partial charge is 0.325 e. The summed E-state index contributed by atoms with van der Waals surface area (Å²) in [7, 11) is 0. The lowest BCUT2D eigenvalue weighted by Crippen LogP contribution is -2.39. The van der Waals surface area contributed by atoms with Crippen LogP contribution in [0, 0.1) is 0 Å². The molecule has 0 unspecified atom stereocenters. The summed E-state index contributed by atoms with van der Waals surface area (Å²) in [6.07, 6.45) is 1.81. The van der Waals surface area contributed by atoms with Crippen molar-refractivity contribution in [1.29, 1.82) is 0 Å². The van der Waals surface area contributed by atoms with Crippen molar-refractivity contribution in [2.45, 2.75) is 19.5 Å². The lowest BCUT2D eigenvalue weighted by molar-refractivity contribution is -0.141. The van der Waals surface area contributed by atoms with Crippen molar-refractivity contribution < 1.29 is 14.7 Å². The molecule has 2 rings (SSSR count). The Morgan fingerprint density at radius 2 is 2.16 bits per heavy atom. The molecule has 0 fully saturated rings. The van der Waals surface area contributed by atoms with Crippen LogP contribution >= 0.6 is 15.9 Å². The van der Waals surface area contributed by atoms with Crippen LogP contribution in [0.25, 0.3) is 10.9 Å². The highest BCUT2D eigenvalue weighted by atomic mass is 79.9. The molecule has 1 aromatic heterocycles. The molecule has 1 amide bonds. The molecular weight excluding hydrogens is 312 g/mol. The van der Waals surface area contributed by atoms with Gasteiger partial charge in [-0.1, -0.05) is 15.9 Å². The second kappa shape index (κ2) is 5.44. The molecule has 1 atom stereocenters. The predicted molar refractivity (Wildman–Crippen MR) is 74.9 cm³/mol. The molecule has 0 aliphatic rings. The van der Waals surface area contributed by atoms with E-state index in [4.69, 9.17) is 5.11 Å². The van der Waals surface area contributed by atoms with Crippen molar-refractivity contribution in [2.24, 2.45) is 0 Å². The molecule has 1 heterocycles. The van der Waals surface area contributed by atoms with E-state index in [0.29, 0.717) is 0 Å². The maximum absolute atomic E-state index is 11.7. The van der Waals surface area contributed by atoms with Gasteiger partial charge in [-0.2, -0.15) is 0 Å². The van der Waals surface area contributed by atoms with Crippen molar-refractivity contribution in [3.63, 3.8) is 0 Å². The summed E-state index contributed by atoms with van der Waals surface area (Å²) in [5, 5.41) is 12.2. The molecule has 6 heteroatoms. The fourth-order valence-corrected chi connectivity index (χ4v) is 2.19. The van der Waals surface area contributed by atoms with Crippen molar-refractivity contribution >= 4 is 38.7 Å². The van der Waals surface area contributed by atoms with Gasteiger partial charge in [-0.3, -0.25) is 9.59 Å². The molecule has 5 nitrogen and oxygen atoms in total. The third kappa shape index (κ3) is 3.14. The highest BCUT2D eigenvalue weighted by Gasteiger charge is 2.14. The summed E-state index contributed by atoms with van der Waals surface area (Å²) in [4.78, 5) is 22.4. The largest absolute Gasteiger partial charge is 0.480 e. The predicted octanol–water partition coefficient (Wildman–Crippen LogP) is 1.99. The van der Waals surface area contributed by atoms with Crippen molar-refractivity contribution in [3.05, 3.63) is 34.9 Å². The van der Waals surface area contributed by atoms with Crippen LogP contribution in [0.5, 0.6) is 0 Å². The number of nitrogens with zero attached hydrogens (tertiary/aromatic N) is 1. The zero-order valence-corrected chi connectivity index (χ0v) is 11.8. The van der Waals surface area contributed by atoms with Gasteiger partial charge in [0.25, 0.3) is 0 Å². The molecule has 0 bridgehead atoms. The van der Waals surface area contributed by atoms with E-state index in [1.54, 1.807) is 4.57 Å². The number of aliphatic carboxylic acids is 1. The average Bonchev–Trinajstić information content (AvgIpc) is 2.71. The van der Waals surface area contributed by atoms with E-state index in [0.717, 1.165) is 15.4 Å². The number of carboxylic acids is 1. The molecule has 0 aliphatic heterocycles. The van der Waals surface area contributed by atoms with E-state index in [9.17, 15) is 9.59 Å². The number of hydrogen-bond acceptors (Lipinski definition) is 2. The third-order valence-electron chi connectivity index (χ3n) is 2.79. The van der Waals surface area contributed by atoms with Gasteiger partial charge in [0.15, 0.2) is 0 Å². The van der Waals surface area contributed by atoms with Crippen LogP contribution in [0.2, 0.25) is 0 Å². The highest BCUT2D eigenvalue weighted by molar-refractivity contribution is 9.10. The quantitative estimate of drug-likeness (QED) is 0.903. The standard InChI is InChI=1S/C13H13BrN2O3/c1-8(13(18)19)15-12(17)7-16-5-4-9-6-10(14)2-3-11(9)16/h2-6,8H,7H2,1H3,(H,15,17)(H,18,19)/t8-/m1/s1. The molecule has 1 aromatic carbocycles. The van der Waals surface area contributed by atoms with Gasteiger partial charge in [-0.25, -0.2) is 0 Å². The third-order valence-corrected chi connectivity index (χ3v) is 3.29. The van der Waals surface area contributed by atoms with Gasteiger partial charge < -0.3 is 15.0 Å². The van der Waals surface area contributed by atoms with Gasteiger partial charge in [0.2, 0.25) is 5.91 Å². The topological polar surface area (TPSA) is 71.3 Å². The fourth-order valence-electron chi connectivity index (χ4n) is 1.81. The van der Waals surface area contributed by atoms with Gasteiger partial charge >= 0.3 is 5.97 Å². The first-order chi connectivity index (χ1) is 8.97. The molecule has 2 N–H and O–H groups in total. The molecule has 19 heavy (non-hydrogen) atoms. The van der Waals surface area contributed by atoms with Crippen LogP contribution in [0.3, 0.4) is 0 Å². The molecular formula is C13H13BrN2O3. The summed E-state index contributed by atoms with van der Waals surface area (Å²) in [5.41, 5.74) is 0.932. The van der Waals surface area contributed by atoms with Gasteiger partial charge in [0.1, 0.15) is 12.6 Å². The second-order valence-corrected chi connectivity index (χ2v) is 5.19. The van der Waals surface area contributed by atoms with Crippen molar-refractivity contribution in [2.75, 3.05) is 0 Å². The number of carbonyl (C=O) groups is 2. The minimum Gasteiger partial charge on any atom is -0.480 e. The second-order valence-electron chi connectivity index (χ2n) is 4.27. The number of fused-ring (bicyclic) bond motifs is 1. The first-order valence-electron chi connectivity index (χ1n) is 5.74. The van der Waals surface area contributed by atoms with Gasteiger partial charge in [-0.05, 0) is 31.2 Å². The Bertz CT molecular complexity index is 636. The minimum atomic E-state index is -1.05. The Hall–Kier alpha value is -1.82. The van der Waals surface area contributed by atoms with E-state index >= 15 is 0 Å². The summed E-state index contributed by atoms with van der Waals surface area (Å²) < 4.78 is 2.76. The van der Waals surface area contributed by atoms with E-state index in [1.807, 2.05) is 30.5 Å². The Kier molecular flexibility index (Phi) is 3.90. The zero-order chi connectivity index (χ0) is 14.0. The summed E-state index contributed by atoms with van der Waals surface area (Å²) in [6.45, 7) is 1.54. The first kappa shape index (κ1) is 13.6. The molecule has 100 valence electrons. The van der Waals surface area contributed by atoms with Crippen LogP contribution in [-0.4, -0.2) is 27.6 Å². The van der Waals surface area contributed by atoms with Gasteiger partial charge in [0.05, 0.1) is 0 Å². The minimum absolute atomic E-state index is 0.1000. The summed E-state index contributed by atoms with van der Waals surface area (Å²) >= 11 is 3.39. The van der Waals surface area contributed by atoms with Crippen LogP contribution in [0.4, 0.5) is 0 Å². The number of benzene rings is 1. The number of rotatable bonds is 4. The van der Waals surface area contributed by atoms with E-state index in [-0.39, 0.29) is 12.5 Å². The first-order valence-corrected chi connectivity index (χ1v) is 6.53. The van der Waals surface area contributed by atoms with Gasteiger partial charge in [-0.15, -0.1) is 0 Å². The summed E-state index contributed by atoms with van der Waals surface area (Å²) in [5.74, 6) is -1.37. The number of amides is 1. The Morgan fingerprint density at radius 1 is 1.42 bits per heavy atom. The number of nitrogens with one attached hydrogen (secondary N) is 1. The van der Waals surface area contributed by atoms with Crippen LogP contribution in [0.15, 0.2) is 34.9 Å². The molecule has 0 aliphatic carbocycles. The monoisotopic (exact) mass is 324 g/mol. The number of carbonyl (C=O) groups excluding carboxylic acids is 1. The normalized spacial score (nSPS) is 12.3. The maximum atomic E-state index is 11.7. The van der Waals surface area contributed by atoms with Crippen molar-refractivity contribution in [1.82, 2.24) is 9.88 Å². The molecule has 0 spiro atoms. The molecule has 0 radical (unpaired) electrons. The average molecular weight is 325 g/mol. The van der Waals surface area contributed by atoms with Crippen LogP contribution in [0.1, 0.15) is 6.92 Å². The fraction of sp³-hybridized carbons (Fsp3) is 0.231. The van der Waals surface area contributed by atoms with E-state index in [1.165, 1.54) is 6.92 Å². The van der Waals surface area contributed by atoms with Crippen LogP contribution < -0.4 is 5.32 Å². The highest BCUT2D eigenvalue weighted by Crippen LogP contribution is 2.20. The van der Waals surface area contributed by atoms with E-state index in [2.05, 4.69) is 21.2 Å². The number of halogens is 1. The molecule has 2 aromatic rings. The molecule has 0 saturated carbocycles. The lowest BCUT2D eigenvalue weighted by Gasteiger charge is -2.10. The SMILES string of the molecule is C[C@@H](NC(=O)Cn1ccc2cc(Br)ccc21)C(=O)O. The number of aromatic nitrogens is 1. The Balaban J connectivity index is 2.13.